The minimum atomic E-state index is 0. The Morgan fingerprint density at radius 2 is 1.80 bits per heavy atom. The normalized spacial score (nSPS) is 15.6. The highest BCUT2D eigenvalue weighted by Gasteiger charge is 2.15. The molecule has 0 aromatic heterocycles. The highest BCUT2D eigenvalue weighted by atomic mass is 127. The lowest BCUT2D eigenvalue weighted by molar-refractivity contribution is 0.0625. The van der Waals surface area contributed by atoms with Crippen LogP contribution in [0.4, 0.5) is 0 Å². The van der Waals surface area contributed by atoms with E-state index in [1.165, 1.54) is 41.5 Å². The van der Waals surface area contributed by atoms with Crippen molar-refractivity contribution >= 4 is 29.9 Å². The molecule has 1 aliphatic rings. The highest BCUT2D eigenvalue weighted by Crippen LogP contribution is 2.19. The maximum atomic E-state index is 5.44. The number of halogens is 1. The van der Waals surface area contributed by atoms with Gasteiger partial charge in [-0.25, -0.2) is 0 Å². The van der Waals surface area contributed by atoms with Gasteiger partial charge in [0, 0.05) is 40.4 Å². The molecular formula is C20H34IN3O. The van der Waals surface area contributed by atoms with Gasteiger partial charge in [-0.1, -0.05) is 17.7 Å². The average molecular weight is 459 g/mol. The maximum Gasteiger partial charge on any atom is 0.193 e. The predicted octanol–water partition coefficient (Wildman–Crippen LogP) is 4.05. The van der Waals surface area contributed by atoms with Crippen molar-refractivity contribution in [1.29, 1.82) is 0 Å². The fourth-order valence-electron chi connectivity index (χ4n) is 3.56. The molecule has 1 fully saturated rings. The number of benzene rings is 1. The number of aryl methyl sites for hydroxylation is 3. The summed E-state index contributed by atoms with van der Waals surface area (Å²) in [6, 6.07) is 4.50. The second kappa shape index (κ2) is 11.0. The van der Waals surface area contributed by atoms with Crippen LogP contribution in [0.25, 0.3) is 0 Å². The van der Waals surface area contributed by atoms with Gasteiger partial charge in [-0.15, -0.1) is 24.0 Å². The van der Waals surface area contributed by atoms with E-state index in [9.17, 15) is 0 Å². The molecule has 0 bridgehead atoms. The number of nitrogens with zero attached hydrogens (tertiary/aromatic N) is 2. The summed E-state index contributed by atoms with van der Waals surface area (Å²) in [4.78, 5) is 6.69. The second-order valence-corrected chi connectivity index (χ2v) is 7.04. The molecule has 5 heteroatoms. The molecule has 0 spiro atoms. The van der Waals surface area contributed by atoms with Crippen LogP contribution in [0.5, 0.6) is 0 Å². The summed E-state index contributed by atoms with van der Waals surface area (Å²) in [5.41, 5.74) is 5.40. The molecule has 0 saturated carbocycles. The molecule has 25 heavy (non-hydrogen) atoms. The van der Waals surface area contributed by atoms with Crippen molar-refractivity contribution in [2.75, 3.05) is 33.9 Å². The smallest absolute Gasteiger partial charge is 0.193 e. The lowest BCUT2D eigenvalue weighted by Gasteiger charge is -2.27. The Morgan fingerprint density at radius 1 is 1.20 bits per heavy atom. The number of nitrogens with one attached hydrogen (secondary N) is 1. The average Bonchev–Trinajstić information content (AvgIpc) is 2.56. The van der Waals surface area contributed by atoms with Gasteiger partial charge < -0.3 is 15.0 Å². The second-order valence-electron chi connectivity index (χ2n) is 7.04. The fraction of sp³-hybridized carbons (Fsp3) is 0.650. The number of guanidine groups is 1. The molecule has 1 N–H and O–H groups in total. The first-order valence-corrected chi connectivity index (χ1v) is 9.07. The van der Waals surface area contributed by atoms with Gasteiger partial charge in [0.05, 0.1) is 0 Å². The van der Waals surface area contributed by atoms with Gasteiger partial charge in [0.15, 0.2) is 5.96 Å². The van der Waals surface area contributed by atoms with Crippen molar-refractivity contribution in [2.24, 2.45) is 10.9 Å². The third-order valence-corrected chi connectivity index (χ3v) is 5.05. The number of ether oxygens (including phenoxy) is 1. The Bertz CT molecular complexity index is 545. The lowest BCUT2D eigenvalue weighted by atomic mass is 9.96. The molecule has 1 aromatic rings. The zero-order valence-electron chi connectivity index (χ0n) is 16.4. The van der Waals surface area contributed by atoms with Crippen LogP contribution in [0.1, 0.15) is 41.5 Å². The standard InChI is InChI=1S/C20H33N3O.HI/c1-15-12-16(2)19(17(3)13-15)14-22-20(21-4)23(5)9-6-18-7-10-24-11-8-18;/h12-13,18H,6-11,14H2,1-5H3,(H,21,22);1H. The molecule has 2 rings (SSSR count). The molecule has 1 aliphatic heterocycles. The minimum absolute atomic E-state index is 0. The maximum absolute atomic E-state index is 5.44. The van der Waals surface area contributed by atoms with E-state index in [0.717, 1.165) is 38.2 Å². The highest BCUT2D eigenvalue weighted by molar-refractivity contribution is 14.0. The molecule has 1 heterocycles. The Labute approximate surface area is 170 Å². The number of hydrogen-bond donors (Lipinski definition) is 1. The molecule has 0 radical (unpaired) electrons. The largest absolute Gasteiger partial charge is 0.381 e. The minimum Gasteiger partial charge on any atom is -0.381 e. The van der Waals surface area contributed by atoms with Crippen molar-refractivity contribution < 1.29 is 4.74 Å². The van der Waals surface area contributed by atoms with Crippen molar-refractivity contribution in [2.45, 2.75) is 46.6 Å². The van der Waals surface area contributed by atoms with Crippen LogP contribution < -0.4 is 5.32 Å². The Hall–Kier alpha value is -0.820. The molecule has 142 valence electrons. The molecule has 0 unspecified atom stereocenters. The van der Waals surface area contributed by atoms with E-state index in [-0.39, 0.29) is 24.0 Å². The van der Waals surface area contributed by atoms with Crippen LogP contribution in [0.15, 0.2) is 17.1 Å². The van der Waals surface area contributed by atoms with Crippen LogP contribution in [-0.4, -0.2) is 44.7 Å². The Morgan fingerprint density at radius 3 is 2.36 bits per heavy atom. The summed E-state index contributed by atoms with van der Waals surface area (Å²) in [7, 11) is 3.99. The SMILES string of the molecule is CN=C(NCc1c(C)cc(C)cc1C)N(C)CCC1CCOCC1.I. The van der Waals surface area contributed by atoms with Crippen LogP contribution in [0.3, 0.4) is 0 Å². The predicted molar refractivity (Wildman–Crippen MR) is 117 cm³/mol. The van der Waals surface area contributed by atoms with Crippen LogP contribution >= 0.6 is 24.0 Å². The number of hydrogen-bond acceptors (Lipinski definition) is 2. The third kappa shape index (κ3) is 6.77. The van der Waals surface area contributed by atoms with Crippen LogP contribution in [-0.2, 0) is 11.3 Å². The summed E-state index contributed by atoms with van der Waals surface area (Å²) < 4.78 is 5.44. The topological polar surface area (TPSA) is 36.9 Å². The molecule has 0 aliphatic carbocycles. The van der Waals surface area contributed by atoms with Crippen LogP contribution in [0.2, 0.25) is 0 Å². The van der Waals surface area contributed by atoms with E-state index in [2.05, 4.69) is 55.2 Å². The monoisotopic (exact) mass is 459 g/mol. The summed E-state index contributed by atoms with van der Waals surface area (Å²) in [5, 5.41) is 3.53. The van der Waals surface area contributed by atoms with Gasteiger partial charge in [0.25, 0.3) is 0 Å². The van der Waals surface area contributed by atoms with Crippen molar-refractivity contribution in [3.05, 3.63) is 34.4 Å². The zero-order valence-corrected chi connectivity index (χ0v) is 18.7. The molecular weight excluding hydrogens is 425 g/mol. The summed E-state index contributed by atoms with van der Waals surface area (Å²) in [5.74, 6) is 1.77. The Kier molecular flexibility index (Phi) is 9.79. The summed E-state index contributed by atoms with van der Waals surface area (Å²) in [6.45, 7) is 10.2. The van der Waals surface area contributed by atoms with E-state index in [1.807, 2.05) is 7.05 Å². The third-order valence-electron chi connectivity index (χ3n) is 5.05. The van der Waals surface area contributed by atoms with Crippen molar-refractivity contribution in [3.63, 3.8) is 0 Å². The summed E-state index contributed by atoms with van der Waals surface area (Å²) >= 11 is 0. The fourth-order valence-corrected chi connectivity index (χ4v) is 3.56. The first-order chi connectivity index (χ1) is 11.5. The van der Waals surface area contributed by atoms with E-state index < -0.39 is 0 Å². The molecule has 0 amide bonds. The van der Waals surface area contributed by atoms with Crippen molar-refractivity contribution in [3.8, 4) is 0 Å². The van der Waals surface area contributed by atoms with Gasteiger partial charge in [-0.05, 0) is 62.6 Å². The lowest BCUT2D eigenvalue weighted by Crippen LogP contribution is -2.40. The van der Waals surface area contributed by atoms with Gasteiger partial charge in [0.2, 0.25) is 0 Å². The first-order valence-electron chi connectivity index (χ1n) is 9.07. The first kappa shape index (κ1) is 22.2. The van der Waals surface area contributed by atoms with Gasteiger partial charge in [-0.3, -0.25) is 4.99 Å². The number of rotatable bonds is 5. The Balaban J connectivity index is 0.00000312. The van der Waals surface area contributed by atoms with E-state index in [0.29, 0.717) is 0 Å². The van der Waals surface area contributed by atoms with Gasteiger partial charge in [0.1, 0.15) is 0 Å². The van der Waals surface area contributed by atoms with E-state index in [1.54, 1.807) is 0 Å². The van der Waals surface area contributed by atoms with Crippen molar-refractivity contribution in [1.82, 2.24) is 10.2 Å². The summed E-state index contributed by atoms with van der Waals surface area (Å²) in [6.07, 6.45) is 3.60. The van der Waals surface area contributed by atoms with E-state index in [4.69, 9.17) is 4.74 Å². The van der Waals surface area contributed by atoms with E-state index >= 15 is 0 Å². The molecule has 0 atom stereocenters. The van der Waals surface area contributed by atoms with Gasteiger partial charge >= 0.3 is 0 Å². The van der Waals surface area contributed by atoms with Gasteiger partial charge in [-0.2, -0.15) is 0 Å². The zero-order chi connectivity index (χ0) is 17.5. The number of aliphatic imine (C=N–C) groups is 1. The van der Waals surface area contributed by atoms with Crippen LogP contribution in [0, 0.1) is 26.7 Å². The quantitative estimate of drug-likeness (QED) is 0.410. The molecule has 1 aromatic carbocycles. The molecule has 4 nitrogen and oxygen atoms in total. The molecule has 1 saturated heterocycles.